The normalized spacial score (nSPS) is 12.0. The number of nitrogens with one attached hydrogen (secondary N) is 1. The van der Waals surface area contributed by atoms with Gasteiger partial charge in [0.15, 0.2) is 10.4 Å². The smallest absolute Gasteiger partial charge is 0.328 e. The highest BCUT2D eigenvalue weighted by molar-refractivity contribution is 6.32. The van der Waals surface area contributed by atoms with Gasteiger partial charge < -0.3 is 14.5 Å². The summed E-state index contributed by atoms with van der Waals surface area (Å²) in [5.41, 5.74) is 0.536. The molecule has 100 valence electrons. The molecule has 0 bridgehead atoms. The van der Waals surface area contributed by atoms with Crippen LogP contribution in [0.3, 0.4) is 0 Å². The summed E-state index contributed by atoms with van der Waals surface area (Å²) in [7, 11) is 0. The molecule has 0 saturated heterocycles. The molecule has 0 aliphatic carbocycles. The average Bonchev–Trinajstić information content (AvgIpc) is 2.56. The molecular weight excluding hydrogens is 281 g/mol. The van der Waals surface area contributed by atoms with E-state index in [1.165, 1.54) is 13.0 Å². The third kappa shape index (κ3) is 4.23. The third-order valence-corrected chi connectivity index (χ3v) is 2.61. The summed E-state index contributed by atoms with van der Waals surface area (Å²) in [5.74, 6) is -0.861. The van der Waals surface area contributed by atoms with Crippen molar-refractivity contribution in [1.82, 2.24) is 5.32 Å². The second-order valence-electron chi connectivity index (χ2n) is 3.56. The molecule has 0 radical (unpaired) electrons. The summed E-state index contributed by atoms with van der Waals surface area (Å²) in [5, 5.41) is 2.71. The first-order chi connectivity index (χ1) is 8.43. The lowest BCUT2D eigenvalue weighted by molar-refractivity contribution is -0.147. The van der Waals surface area contributed by atoms with Gasteiger partial charge in [-0.05, 0) is 30.1 Å². The maximum atomic E-state index is 11.7. The number of ether oxygens (including phenoxy) is 1. The van der Waals surface area contributed by atoms with Crippen LogP contribution in [-0.4, -0.2) is 24.5 Å². The van der Waals surface area contributed by atoms with Crippen LogP contribution in [0.1, 0.15) is 19.4 Å². The predicted molar refractivity (Wildman–Crippen MR) is 66.7 cm³/mol. The molecule has 0 fully saturated rings. The molecule has 18 heavy (non-hydrogen) atoms. The van der Waals surface area contributed by atoms with Crippen LogP contribution in [-0.2, 0) is 20.7 Å². The molecule has 1 heterocycles. The SMILES string of the molecule is CCOC(=O)C(Cc1cc(Cl)oc1Cl)NC(C)=O. The molecule has 0 spiro atoms. The van der Waals surface area contributed by atoms with Crippen molar-refractivity contribution in [3.63, 3.8) is 0 Å². The minimum absolute atomic E-state index is 0.0969. The van der Waals surface area contributed by atoms with Crippen molar-refractivity contribution in [3.05, 3.63) is 22.1 Å². The molecule has 7 heteroatoms. The van der Waals surface area contributed by atoms with Crippen molar-refractivity contribution in [2.75, 3.05) is 6.61 Å². The lowest BCUT2D eigenvalue weighted by Gasteiger charge is -2.15. The Bertz CT molecular complexity index is 444. The zero-order valence-corrected chi connectivity index (χ0v) is 11.5. The molecule has 5 nitrogen and oxygen atoms in total. The highest BCUT2D eigenvalue weighted by Crippen LogP contribution is 2.25. The first-order valence-electron chi connectivity index (χ1n) is 5.31. The van der Waals surface area contributed by atoms with Crippen LogP contribution < -0.4 is 5.32 Å². The zero-order chi connectivity index (χ0) is 13.7. The number of halogens is 2. The summed E-state index contributed by atoms with van der Waals surface area (Å²) < 4.78 is 9.79. The Hall–Kier alpha value is -1.20. The van der Waals surface area contributed by atoms with Gasteiger partial charge in [-0.1, -0.05) is 0 Å². The Morgan fingerprint density at radius 3 is 2.61 bits per heavy atom. The summed E-state index contributed by atoms with van der Waals surface area (Å²) in [6.45, 7) is 3.23. The van der Waals surface area contributed by atoms with E-state index < -0.39 is 12.0 Å². The maximum Gasteiger partial charge on any atom is 0.328 e. The van der Waals surface area contributed by atoms with Gasteiger partial charge in [0.2, 0.25) is 5.91 Å². The van der Waals surface area contributed by atoms with E-state index in [0.717, 1.165) is 0 Å². The Labute approximate surface area is 114 Å². The largest absolute Gasteiger partial charge is 0.464 e. The van der Waals surface area contributed by atoms with E-state index in [4.69, 9.17) is 32.4 Å². The molecule has 1 atom stereocenters. The van der Waals surface area contributed by atoms with E-state index in [-0.39, 0.29) is 29.4 Å². The van der Waals surface area contributed by atoms with E-state index in [9.17, 15) is 9.59 Å². The quantitative estimate of drug-likeness (QED) is 0.845. The van der Waals surface area contributed by atoms with Crippen LogP contribution in [0.4, 0.5) is 0 Å². The molecule has 1 rings (SSSR count). The van der Waals surface area contributed by atoms with Crippen LogP contribution in [0.25, 0.3) is 0 Å². The number of carbonyl (C=O) groups excluding carboxylic acids is 2. The second kappa shape index (κ2) is 6.66. The molecule has 1 amide bonds. The van der Waals surface area contributed by atoms with Crippen LogP contribution in [0, 0.1) is 0 Å². The molecule has 1 aromatic rings. The van der Waals surface area contributed by atoms with Gasteiger partial charge in [0.05, 0.1) is 6.61 Å². The lowest BCUT2D eigenvalue weighted by Crippen LogP contribution is -2.42. The minimum Gasteiger partial charge on any atom is -0.464 e. The summed E-state index contributed by atoms with van der Waals surface area (Å²) in [4.78, 5) is 22.7. The van der Waals surface area contributed by atoms with Crippen molar-refractivity contribution in [1.29, 1.82) is 0 Å². The van der Waals surface area contributed by atoms with Gasteiger partial charge in [-0.25, -0.2) is 4.79 Å². The standard InChI is InChI=1S/C11H13Cl2NO4/c1-3-17-11(16)8(14-6(2)15)4-7-5-9(12)18-10(7)13/h5,8H,3-4H2,1-2H3,(H,14,15). The number of hydrogen-bond acceptors (Lipinski definition) is 4. The fourth-order valence-corrected chi connectivity index (χ4v) is 1.88. The van der Waals surface area contributed by atoms with Crippen molar-refractivity contribution >= 4 is 35.1 Å². The van der Waals surface area contributed by atoms with Crippen LogP contribution >= 0.6 is 23.2 Å². The van der Waals surface area contributed by atoms with E-state index in [2.05, 4.69) is 5.32 Å². The van der Waals surface area contributed by atoms with E-state index in [0.29, 0.717) is 5.56 Å². The molecule has 0 aliphatic rings. The van der Waals surface area contributed by atoms with Gasteiger partial charge >= 0.3 is 5.97 Å². The van der Waals surface area contributed by atoms with Gasteiger partial charge in [-0.15, -0.1) is 0 Å². The van der Waals surface area contributed by atoms with Crippen molar-refractivity contribution in [2.45, 2.75) is 26.3 Å². The fraction of sp³-hybridized carbons (Fsp3) is 0.455. The first-order valence-corrected chi connectivity index (χ1v) is 6.07. The van der Waals surface area contributed by atoms with E-state index >= 15 is 0 Å². The summed E-state index contributed by atoms with van der Waals surface area (Å²) in [6.07, 6.45) is 0.160. The molecule has 0 saturated carbocycles. The zero-order valence-electron chi connectivity index (χ0n) is 9.96. The minimum atomic E-state index is -0.811. The molecule has 0 aromatic carbocycles. The molecule has 1 aromatic heterocycles. The Morgan fingerprint density at radius 1 is 1.50 bits per heavy atom. The number of esters is 1. The lowest BCUT2D eigenvalue weighted by atomic mass is 10.1. The Balaban J connectivity index is 2.80. The Morgan fingerprint density at radius 2 is 2.17 bits per heavy atom. The van der Waals surface area contributed by atoms with Gasteiger partial charge in [0.1, 0.15) is 6.04 Å². The second-order valence-corrected chi connectivity index (χ2v) is 4.27. The van der Waals surface area contributed by atoms with Crippen LogP contribution in [0.15, 0.2) is 10.5 Å². The first kappa shape index (κ1) is 14.9. The molecule has 0 aliphatic heterocycles. The topological polar surface area (TPSA) is 68.5 Å². The highest BCUT2D eigenvalue weighted by Gasteiger charge is 2.23. The molecular formula is C11H13Cl2NO4. The molecule has 1 unspecified atom stereocenters. The number of carbonyl (C=O) groups is 2. The third-order valence-electron chi connectivity index (χ3n) is 2.10. The number of amides is 1. The van der Waals surface area contributed by atoms with Gasteiger partial charge in [0.25, 0.3) is 0 Å². The molecule has 1 N–H and O–H groups in total. The number of furan rings is 1. The van der Waals surface area contributed by atoms with Crippen molar-refractivity contribution in [2.24, 2.45) is 0 Å². The summed E-state index contributed by atoms with van der Waals surface area (Å²) in [6, 6.07) is 0.686. The van der Waals surface area contributed by atoms with Crippen molar-refractivity contribution in [3.8, 4) is 0 Å². The van der Waals surface area contributed by atoms with Gasteiger partial charge in [-0.3, -0.25) is 4.79 Å². The van der Waals surface area contributed by atoms with Gasteiger partial charge in [0, 0.05) is 25.0 Å². The average molecular weight is 294 g/mol. The Kier molecular flexibility index (Phi) is 5.50. The van der Waals surface area contributed by atoms with E-state index in [1.54, 1.807) is 6.92 Å². The predicted octanol–water partition coefficient (Wildman–Crippen LogP) is 2.20. The fourth-order valence-electron chi connectivity index (χ4n) is 1.41. The maximum absolute atomic E-state index is 11.7. The summed E-state index contributed by atoms with van der Waals surface area (Å²) >= 11 is 11.4. The van der Waals surface area contributed by atoms with Crippen LogP contribution in [0.5, 0.6) is 0 Å². The number of rotatable bonds is 5. The van der Waals surface area contributed by atoms with E-state index in [1.807, 2.05) is 0 Å². The highest BCUT2D eigenvalue weighted by atomic mass is 35.5. The monoisotopic (exact) mass is 293 g/mol. The van der Waals surface area contributed by atoms with Gasteiger partial charge in [-0.2, -0.15) is 0 Å². The van der Waals surface area contributed by atoms with Crippen LogP contribution in [0.2, 0.25) is 10.4 Å². The number of hydrogen-bond donors (Lipinski definition) is 1. The van der Waals surface area contributed by atoms with Crippen molar-refractivity contribution < 1.29 is 18.7 Å².